The molecule has 0 amide bonds. The zero-order valence-electron chi connectivity index (χ0n) is 10.9. The van der Waals surface area contributed by atoms with Gasteiger partial charge in [-0.1, -0.05) is 18.2 Å². The Balaban J connectivity index is 2.39. The summed E-state index contributed by atoms with van der Waals surface area (Å²) in [6.45, 7) is 4.06. The van der Waals surface area contributed by atoms with E-state index in [2.05, 4.69) is 0 Å². The van der Waals surface area contributed by atoms with Gasteiger partial charge in [-0.3, -0.25) is 4.79 Å². The van der Waals surface area contributed by atoms with E-state index in [0.29, 0.717) is 0 Å². The van der Waals surface area contributed by atoms with E-state index < -0.39 is 5.60 Å². The molecule has 0 radical (unpaired) electrons. The molecular formula is C15H20O2. The topological polar surface area (TPSA) is 26.3 Å². The van der Waals surface area contributed by atoms with Crippen LogP contribution in [0.2, 0.25) is 0 Å². The van der Waals surface area contributed by atoms with Crippen LogP contribution in [-0.4, -0.2) is 18.5 Å². The van der Waals surface area contributed by atoms with Crippen molar-refractivity contribution in [2.75, 3.05) is 7.11 Å². The van der Waals surface area contributed by atoms with Crippen LogP contribution in [0.4, 0.5) is 0 Å². The molecule has 0 unspecified atom stereocenters. The van der Waals surface area contributed by atoms with E-state index in [1.54, 1.807) is 7.11 Å². The van der Waals surface area contributed by atoms with Gasteiger partial charge in [-0.05, 0) is 50.7 Å². The summed E-state index contributed by atoms with van der Waals surface area (Å²) in [4.78, 5) is 12.6. The predicted octanol–water partition coefficient (Wildman–Crippen LogP) is 3.45. The van der Waals surface area contributed by atoms with Gasteiger partial charge in [0.15, 0.2) is 5.78 Å². The number of rotatable bonds is 3. The van der Waals surface area contributed by atoms with Gasteiger partial charge in [0.25, 0.3) is 0 Å². The number of hydrogen-bond donors (Lipinski definition) is 0. The first-order valence-electron chi connectivity index (χ1n) is 6.27. The van der Waals surface area contributed by atoms with Crippen molar-refractivity contribution in [3.05, 3.63) is 34.9 Å². The Kier molecular flexibility index (Phi) is 3.34. The standard InChI is InChI=1S/C15H20O2/c1-11-7-6-8-13(12(11)2)14(16)15(17-3)9-4-5-10-15/h6-8H,4-5,9-10H2,1-3H3. The number of carbonyl (C=O) groups is 1. The minimum absolute atomic E-state index is 0.165. The molecule has 0 atom stereocenters. The highest BCUT2D eigenvalue weighted by molar-refractivity contribution is 6.04. The summed E-state index contributed by atoms with van der Waals surface area (Å²) < 4.78 is 5.56. The molecule has 0 saturated heterocycles. The van der Waals surface area contributed by atoms with Crippen LogP contribution in [0.3, 0.4) is 0 Å². The number of aryl methyl sites for hydroxylation is 1. The summed E-state index contributed by atoms with van der Waals surface area (Å²) >= 11 is 0. The molecular weight excluding hydrogens is 212 g/mol. The molecule has 1 fully saturated rings. The van der Waals surface area contributed by atoms with Gasteiger partial charge in [-0.15, -0.1) is 0 Å². The lowest BCUT2D eigenvalue weighted by Gasteiger charge is -2.26. The molecule has 0 spiro atoms. The second kappa shape index (κ2) is 4.61. The summed E-state index contributed by atoms with van der Waals surface area (Å²) in [7, 11) is 1.66. The number of methoxy groups -OCH3 is 1. The zero-order chi connectivity index (χ0) is 12.5. The van der Waals surface area contributed by atoms with Crippen LogP contribution in [-0.2, 0) is 4.74 Å². The summed E-state index contributed by atoms with van der Waals surface area (Å²) in [6, 6.07) is 5.91. The smallest absolute Gasteiger partial charge is 0.194 e. The largest absolute Gasteiger partial charge is 0.370 e. The lowest BCUT2D eigenvalue weighted by molar-refractivity contribution is 0.00596. The molecule has 2 heteroatoms. The third-order valence-corrected chi connectivity index (χ3v) is 4.07. The van der Waals surface area contributed by atoms with E-state index in [4.69, 9.17) is 4.74 Å². The number of benzene rings is 1. The summed E-state index contributed by atoms with van der Waals surface area (Å²) in [6.07, 6.45) is 3.89. The van der Waals surface area contributed by atoms with Crippen LogP contribution in [0.15, 0.2) is 18.2 Å². The molecule has 1 aliphatic rings. The summed E-state index contributed by atoms with van der Waals surface area (Å²) in [5.74, 6) is 0.165. The first-order chi connectivity index (χ1) is 8.10. The molecule has 2 rings (SSSR count). The Morgan fingerprint density at radius 2 is 1.88 bits per heavy atom. The van der Waals surface area contributed by atoms with E-state index >= 15 is 0 Å². The van der Waals surface area contributed by atoms with Gasteiger partial charge in [-0.2, -0.15) is 0 Å². The highest BCUT2D eigenvalue weighted by Gasteiger charge is 2.42. The normalized spacial score (nSPS) is 18.3. The molecule has 1 aromatic rings. The van der Waals surface area contributed by atoms with Crippen LogP contribution in [0.5, 0.6) is 0 Å². The van der Waals surface area contributed by atoms with Gasteiger partial charge >= 0.3 is 0 Å². The van der Waals surface area contributed by atoms with E-state index in [1.807, 2.05) is 32.0 Å². The molecule has 0 heterocycles. The molecule has 0 aromatic heterocycles. The monoisotopic (exact) mass is 232 g/mol. The minimum Gasteiger partial charge on any atom is -0.370 e. The predicted molar refractivity (Wildman–Crippen MR) is 68.5 cm³/mol. The maximum absolute atomic E-state index is 12.6. The van der Waals surface area contributed by atoms with Crippen molar-refractivity contribution in [1.29, 1.82) is 0 Å². The average Bonchev–Trinajstić information content (AvgIpc) is 2.82. The second-order valence-corrected chi connectivity index (χ2v) is 4.98. The molecule has 0 N–H and O–H groups in total. The van der Waals surface area contributed by atoms with Crippen molar-refractivity contribution < 1.29 is 9.53 Å². The van der Waals surface area contributed by atoms with Gasteiger partial charge in [0.1, 0.15) is 5.60 Å². The Morgan fingerprint density at radius 1 is 1.24 bits per heavy atom. The summed E-state index contributed by atoms with van der Waals surface area (Å²) in [5, 5.41) is 0. The average molecular weight is 232 g/mol. The van der Waals surface area contributed by atoms with Crippen molar-refractivity contribution in [3.8, 4) is 0 Å². The van der Waals surface area contributed by atoms with Crippen LogP contribution in [0.25, 0.3) is 0 Å². The third kappa shape index (κ3) is 2.02. The van der Waals surface area contributed by atoms with Gasteiger partial charge in [0.2, 0.25) is 0 Å². The third-order valence-electron chi connectivity index (χ3n) is 4.07. The van der Waals surface area contributed by atoms with Crippen molar-refractivity contribution in [3.63, 3.8) is 0 Å². The van der Waals surface area contributed by atoms with E-state index in [-0.39, 0.29) is 5.78 Å². The van der Waals surface area contributed by atoms with Gasteiger partial charge in [0, 0.05) is 12.7 Å². The van der Waals surface area contributed by atoms with Crippen molar-refractivity contribution in [2.24, 2.45) is 0 Å². The number of Topliss-reactive ketones (excluding diaryl/α,β-unsaturated/α-hetero) is 1. The lowest BCUT2D eigenvalue weighted by atomic mass is 9.88. The second-order valence-electron chi connectivity index (χ2n) is 4.98. The molecule has 1 saturated carbocycles. The summed E-state index contributed by atoms with van der Waals surface area (Å²) in [5.41, 5.74) is 2.52. The van der Waals surface area contributed by atoms with Crippen molar-refractivity contribution in [1.82, 2.24) is 0 Å². The first kappa shape index (κ1) is 12.3. The van der Waals surface area contributed by atoms with E-state index in [0.717, 1.165) is 36.8 Å². The SMILES string of the molecule is COC1(C(=O)c2cccc(C)c2C)CCCC1. The van der Waals surface area contributed by atoms with Gasteiger partial charge < -0.3 is 4.74 Å². The Hall–Kier alpha value is -1.15. The van der Waals surface area contributed by atoms with Crippen molar-refractivity contribution >= 4 is 5.78 Å². The van der Waals surface area contributed by atoms with Crippen LogP contribution in [0.1, 0.15) is 47.2 Å². The number of carbonyl (C=O) groups excluding carboxylic acids is 1. The molecule has 92 valence electrons. The lowest BCUT2D eigenvalue weighted by Crippen LogP contribution is -2.38. The molecule has 1 aliphatic carbocycles. The highest BCUT2D eigenvalue weighted by atomic mass is 16.5. The Bertz CT molecular complexity index is 429. The quantitative estimate of drug-likeness (QED) is 0.746. The van der Waals surface area contributed by atoms with Crippen LogP contribution in [0, 0.1) is 13.8 Å². The molecule has 0 bridgehead atoms. The van der Waals surface area contributed by atoms with E-state index in [9.17, 15) is 4.79 Å². The number of ketones is 1. The first-order valence-corrected chi connectivity index (χ1v) is 6.27. The fraction of sp³-hybridized carbons (Fsp3) is 0.533. The van der Waals surface area contributed by atoms with Crippen molar-refractivity contribution in [2.45, 2.75) is 45.1 Å². The molecule has 1 aromatic carbocycles. The maximum atomic E-state index is 12.6. The fourth-order valence-electron chi connectivity index (χ4n) is 2.71. The van der Waals surface area contributed by atoms with Crippen LogP contribution < -0.4 is 0 Å². The number of hydrogen-bond acceptors (Lipinski definition) is 2. The zero-order valence-corrected chi connectivity index (χ0v) is 10.9. The molecule has 0 aliphatic heterocycles. The minimum atomic E-state index is -0.557. The Morgan fingerprint density at radius 3 is 2.47 bits per heavy atom. The maximum Gasteiger partial charge on any atom is 0.194 e. The molecule has 2 nitrogen and oxygen atoms in total. The fourth-order valence-corrected chi connectivity index (χ4v) is 2.71. The van der Waals surface area contributed by atoms with Gasteiger partial charge in [0.05, 0.1) is 0 Å². The highest BCUT2D eigenvalue weighted by Crippen LogP contribution is 2.36. The molecule has 17 heavy (non-hydrogen) atoms. The van der Waals surface area contributed by atoms with Crippen LogP contribution >= 0.6 is 0 Å². The van der Waals surface area contributed by atoms with E-state index in [1.165, 1.54) is 5.56 Å². The Labute approximate surface area is 103 Å². The number of ether oxygens (including phenoxy) is 1. The van der Waals surface area contributed by atoms with Gasteiger partial charge in [-0.25, -0.2) is 0 Å².